The first-order valence-electron chi connectivity index (χ1n) is 7.60. The van der Waals surface area contributed by atoms with Crippen molar-refractivity contribution < 1.29 is 4.74 Å². The normalized spacial score (nSPS) is 20.1. The molecule has 0 bridgehead atoms. The van der Waals surface area contributed by atoms with Gasteiger partial charge in [0, 0.05) is 13.2 Å². The van der Waals surface area contributed by atoms with E-state index in [1.54, 1.807) is 0 Å². The maximum atomic E-state index is 5.77. The Balaban J connectivity index is 2.01. The highest BCUT2D eigenvalue weighted by Gasteiger charge is 2.25. The second-order valence-electron chi connectivity index (χ2n) is 5.70. The molecule has 2 atom stereocenters. The number of rotatable bonds is 6. The molecular formula is C17H27NO. The van der Waals surface area contributed by atoms with Crippen LogP contribution in [0.3, 0.4) is 0 Å². The third-order valence-corrected chi connectivity index (χ3v) is 4.43. The summed E-state index contributed by atoms with van der Waals surface area (Å²) < 4.78 is 5.77. The van der Waals surface area contributed by atoms with Crippen LogP contribution < -0.4 is 5.32 Å². The van der Waals surface area contributed by atoms with E-state index in [1.807, 2.05) is 7.11 Å². The topological polar surface area (TPSA) is 21.3 Å². The van der Waals surface area contributed by atoms with E-state index in [-0.39, 0.29) is 6.10 Å². The molecule has 2 rings (SSSR count). The summed E-state index contributed by atoms with van der Waals surface area (Å²) in [6.45, 7) is 0. The lowest BCUT2D eigenvalue weighted by molar-refractivity contribution is 0.0590. The van der Waals surface area contributed by atoms with Crippen molar-refractivity contribution in [2.24, 2.45) is 5.92 Å². The fourth-order valence-corrected chi connectivity index (χ4v) is 3.35. The van der Waals surface area contributed by atoms with E-state index >= 15 is 0 Å². The van der Waals surface area contributed by atoms with Crippen LogP contribution in [0, 0.1) is 5.92 Å². The smallest absolute Gasteiger partial charge is 0.0973 e. The average molecular weight is 261 g/mol. The highest BCUT2D eigenvalue weighted by molar-refractivity contribution is 5.19. The number of hydrogen-bond acceptors (Lipinski definition) is 2. The van der Waals surface area contributed by atoms with Crippen molar-refractivity contribution in [1.82, 2.24) is 5.32 Å². The van der Waals surface area contributed by atoms with Crippen LogP contribution in [-0.2, 0) is 4.74 Å². The summed E-state index contributed by atoms with van der Waals surface area (Å²) in [6.07, 6.45) is 8.41. The number of methoxy groups -OCH3 is 1. The molecule has 1 aliphatic rings. The quantitative estimate of drug-likeness (QED) is 0.837. The van der Waals surface area contributed by atoms with Crippen molar-refractivity contribution in [3.05, 3.63) is 35.9 Å². The fraction of sp³-hybridized carbons (Fsp3) is 0.647. The summed E-state index contributed by atoms with van der Waals surface area (Å²) in [7, 11) is 3.88. The van der Waals surface area contributed by atoms with Gasteiger partial charge in [0.25, 0.3) is 0 Å². The van der Waals surface area contributed by atoms with Gasteiger partial charge in [0.15, 0.2) is 0 Å². The molecule has 2 nitrogen and oxygen atoms in total. The molecule has 19 heavy (non-hydrogen) atoms. The van der Waals surface area contributed by atoms with Gasteiger partial charge in [0.05, 0.1) is 6.10 Å². The second kappa shape index (κ2) is 7.66. The Morgan fingerprint density at radius 1 is 1.16 bits per heavy atom. The van der Waals surface area contributed by atoms with Gasteiger partial charge in [0.2, 0.25) is 0 Å². The lowest BCUT2D eigenvalue weighted by Crippen LogP contribution is -2.35. The number of benzene rings is 1. The summed E-state index contributed by atoms with van der Waals surface area (Å²) in [4.78, 5) is 0. The number of likely N-dealkylation sites (N-methyl/N-ethyl adjacent to an activating group) is 1. The predicted molar refractivity (Wildman–Crippen MR) is 80.2 cm³/mol. The molecule has 0 aliphatic heterocycles. The lowest BCUT2D eigenvalue weighted by Gasteiger charge is -2.31. The van der Waals surface area contributed by atoms with E-state index in [1.165, 1.54) is 44.1 Å². The monoisotopic (exact) mass is 261 g/mol. The van der Waals surface area contributed by atoms with Gasteiger partial charge in [0.1, 0.15) is 0 Å². The Kier molecular flexibility index (Phi) is 5.87. The summed E-state index contributed by atoms with van der Waals surface area (Å²) in [5.41, 5.74) is 1.28. The lowest BCUT2D eigenvalue weighted by atomic mass is 9.83. The molecule has 1 aromatic rings. The van der Waals surface area contributed by atoms with Gasteiger partial charge in [-0.1, -0.05) is 62.4 Å². The molecule has 2 unspecified atom stereocenters. The Hall–Kier alpha value is -0.860. The van der Waals surface area contributed by atoms with Gasteiger partial charge >= 0.3 is 0 Å². The van der Waals surface area contributed by atoms with Crippen LogP contribution in [-0.4, -0.2) is 20.2 Å². The zero-order valence-electron chi connectivity index (χ0n) is 12.3. The van der Waals surface area contributed by atoms with Crippen molar-refractivity contribution in [2.45, 2.75) is 50.7 Å². The minimum absolute atomic E-state index is 0.160. The van der Waals surface area contributed by atoms with Crippen LogP contribution in [0.1, 0.15) is 50.2 Å². The molecule has 0 saturated heterocycles. The van der Waals surface area contributed by atoms with E-state index < -0.39 is 0 Å². The van der Waals surface area contributed by atoms with E-state index in [0.29, 0.717) is 6.04 Å². The highest BCUT2D eigenvalue weighted by Crippen LogP contribution is 2.31. The second-order valence-corrected chi connectivity index (χ2v) is 5.70. The maximum Gasteiger partial charge on any atom is 0.0973 e. The van der Waals surface area contributed by atoms with Crippen LogP contribution in [0.25, 0.3) is 0 Å². The molecule has 0 radical (unpaired) electrons. The number of nitrogens with one attached hydrogen (secondary N) is 1. The Bertz CT molecular complexity index is 346. The Morgan fingerprint density at radius 3 is 2.42 bits per heavy atom. The first-order valence-corrected chi connectivity index (χ1v) is 7.60. The van der Waals surface area contributed by atoms with Gasteiger partial charge in [-0.05, 0) is 24.9 Å². The van der Waals surface area contributed by atoms with Crippen LogP contribution in [0.15, 0.2) is 30.3 Å². The van der Waals surface area contributed by atoms with Crippen LogP contribution in [0.2, 0.25) is 0 Å². The van der Waals surface area contributed by atoms with Gasteiger partial charge in [-0.3, -0.25) is 0 Å². The predicted octanol–water partition coefficient (Wildman–Crippen LogP) is 3.93. The van der Waals surface area contributed by atoms with Gasteiger partial charge in [-0.15, -0.1) is 0 Å². The molecule has 106 valence electrons. The van der Waals surface area contributed by atoms with Crippen molar-refractivity contribution in [3.8, 4) is 0 Å². The molecule has 1 saturated carbocycles. The van der Waals surface area contributed by atoms with Crippen LogP contribution >= 0.6 is 0 Å². The number of hydrogen-bond donors (Lipinski definition) is 1. The molecule has 1 aromatic carbocycles. The first-order chi connectivity index (χ1) is 9.35. The molecular weight excluding hydrogens is 234 g/mol. The molecule has 0 spiro atoms. The van der Waals surface area contributed by atoms with Gasteiger partial charge in [-0.2, -0.15) is 0 Å². The van der Waals surface area contributed by atoms with Crippen molar-refractivity contribution >= 4 is 0 Å². The summed E-state index contributed by atoms with van der Waals surface area (Å²) in [6, 6.07) is 11.0. The largest absolute Gasteiger partial charge is 0.375 e. The van der Waals surface area contributed by atoms with Crippen molar-refractivity contribution in [3.63, 3.8) is 0 Å². The summed E-state index contributed by atoms with van der Waals surface area (Å²) in [5.74, 6) is 0.868. The van der Waals surface area contributed by atoms with Gasteiger partial charge in [-0.25, -0.2) is 0 Å². The van der Waals surface area contributed by atoms with E-state index in [2.05, 4.69) is 42.7 Å². The summed E-state index contributed by atoms with van der Waals surface area (Å²) >= 11 is 0. The van der Waals surface area contributed by atoms with Crippen molar-refractivity contribution in [1.29, 1.82) is 0 Å². The molecule has 1 fully saturated rings. The number of ether oxygens (including phenoxy) is 1. The van der Waals surface area contributed by atoms with E-state index in [4.69, 9.17) is 4.74 Å². The third-order valence-electron chi connectivity index (χ3n) is 4.43. The minimum Gasteiger partial charge on any atom is -0.375 e. The zero-order valence-corrected chi connectivity index (χ0v) is 12.3. The zero-order chi connectivity index (χ0) is 13.5. The maximum absolute atomic E-state index is 5.77. The fourth-order valence-electron chi connectivity index (χ4n) is 3.35. The van der Waals surface area contributed by atoms with Crippen LogP contribution in [0.4, 0.5) is 0 Å². The average Bonchev–Trinajstić information content (AvgIpc) is 2.49. The van der Waals surface area contributed by atoms with Crippen LogP contribution in [0.5, 0.6) is 0 Å². The third kappa shape index (κ3) is 4.05. The van der Waals surface area contributed by atoms with Crippen molar-refractivity contribution in [2.75, 3.05) is 14.2 Å². The molecule has 0 amide bonds. The summed E-state index contributed by atoms with van der Waals surface area (Å²) in [5, 5.41) is 3.47. The minimum atomic E-state index is 0.160. The first kappa shape index (κ1) is 14.5. The molecule has 2 heteroatoms. The Morgan fingerprint density at radius 2 is 1.84 bits per heavy atom. The van der Waals surface area contributed by atoms with E-state index in [9.17, 15) is 0 Å². The van der Waals surface area contributed by atoms with Gasteiger partial charge < -0.3 is 10.1 Å². The molecule has 0 aromatic heterocycles. The van der Waals surface area contributed by atoms with E-state index in [0.717, 1.165) is 5.92 Å². The highest BCUT2D eigenvalue weighted by atomic mass is 16.5. The SMILES string of the molecule is CNC(CC1CCCCC1)C(OC)c1ccccc1. The molecule has 1 aliphatic carbocycles. The Labute approximate surface area is 117 Å². The molecule has 1 N–H and O–H groups in total. The standard InChI is InChI=1S/C17H27NO/c1-18-16(13-14-9-5-3-6-10-14)17(19-2)15-11-7-4-8-12-15/h4,7-8,11-12,14,16-18H,3,5-6,9-10,13H2,1-2H3. The molecule has 0 heterocycles.